The normalized spacial score (nSPS) is 15.1. The molecule has 0 fully saturated rings. The number of hydrogen-bond acceptors (Lipinski definition) is 3. The van der Waals surface area contributed by atoms with Crippen molar-refractivity contribution in [2.45, 2.75) is 46.3 Å². The second-order valence-corrected chi connectivity index (χ2v) is 6.06. The minimum Gasteiger partial charge on any atom is -0.496 e. The Hall–Kier alpha value is -1.06. The fraction of sp³-hybridized carbons (Fsp3) is 0.625. The monoisotopic (exact) mass is 265 g/mol. The van der Waals surface area contributed by atoms with Crippen LogP contribution in [0.5, 0.6) is 5.75 Å². The fourth-order valence-electron chi connectivity index (χ4n) is 2.44. The number of para-hydroxylation sites is 1. The molecule has 0 heterocycles. The summed E-state index contributed by atoms with van der Waals surface area (Å²) in [7, 11) is 1.70. The molecule has 2 atom stereocenters. The van der Waals surface area contributed by atoms with Crippen LogP contribution in [0.3, 0.4) is 0 Å². The van der Waals surface area contributed by atoms with Crippen molar-refractivity contribution in [3.8, 4) is 5.75 Å². The maximum absolute atomic E-state index is 9.50. The average Bonchev–Trinajstić information content (AvgIpc) is 2.34. The molecule has 1 aromatic rings. The first-order valence-electron chi connectivity index (χ1n) is 6.90. The van der Waals surface area contributed by atoms with E-state index >= 15 is 0 Å². The van der Waals surface area contributed by atoms with Crippen molar-refractivity contribution >= 4 is 0 Å². The lowest BCUT2D eigenvalue weighted by atomic mass is 9.86. The number of hydrogen-bond donors (Lipinski definition) is 2. The molecular formula is C16H27NO2. The molecule has 2 N–H and O–H groups in total. The van der Waals surface area contributed by atoms with Gasteiger partial charge < -0.3 is 15.2 Å². The summed E-state index contributed by atoms with van der Waals surface area (Å²) in [4.78, 5) is 0. The number of aliphatic hydroxyl groups is 1. The Bertz CT molecular complexity index is 388. The van der Waals surface area contributed by atoms with Gasteiger partial charge in [0, 0.05) is 18.2 Å². The van der Waals surface area contributed by atoms with Crippen molar-refractivity contribution in [1.82, 2.24) is 5.32 Å². The van der Waals surface area contributed by atoms with E-state index in [4.69, 9.17) is 4.74 Å². The summed E-state index contributed by atoms with van der Waals surface area (Å²) in [5, 5.41) is 13.0. The largest absolute Gasteiger partial charge is 0.496 e. The van der Waals surface area contributed by atoms with Gasteiger partial charge in [0.2, 0.25) is 0 Å². The van der Waals surface area contributed by atoms with Crippen LogP contribution in [0.1, 0.15) is 45.7 Å². The molecule has 0 aromatic heterocycles. The van der Waals surface area contributed by atoms with Crippen LogP contribution in [0.25, 0.3) is 0 Å². The molecular weight excluding hydrogens is 238 g/mol. The summed E-state index contributed by atoms with van der Waals surface area (Å²) < 4.78 is 5.38. The molecule has 1 rings (SSSR count). The Morgan fingerprint density at radius 2 is 1.89 bits per heavy atom. The zero-order valence-corrected chi connectivity index (χ0v) is 12.7. The Morgan fingerprint density at radius 3 is 2.47 bits per heavy atom. The fourth-order valence-corrected chi connectivity index (χ4v) is 2.44. The summed E-state index contributed by atoms with van der Waals surface area (Å²) in [6.07, 6.45) is 0.525. The van der Waals surface area contributed by atoms with E-state index < -0.39 is 0 Å². The Morgan fingerprint density at radius 1 is 1.26 bits per heavy atom. The van der Waals surface area contributed by atoms with E-state index in [-0.39, 0.29) is 17.6 Å². The van der Waals surface area contributed by atoms with Gasteiger partial charge in [0.1, 0.15) is 5.75 Å². The first-order chi connectivity index (χ1) is 8.85. The highest BCUT2D eigenvalue weighted by Gasteiger charge is 2.21. The molecule has 3 heteroatoms. The lowest BCUT2D eigenvalue weighted by molar-refractivity contribution is 0.126. The Kier molecular flexibility index (Phi) is 5.83. The molecule has 0 bridgehead atoms. The molecule has 0 saturated heterocycles. The number of ether oxygens (including phenoxy) is 1. The lowest BCUT2D eigenvalue weighted by Gasteiger charge is -2.29. The molecule has 19 heavy (non-hydrogen) atoms. The van der Waals surface area contributed by atoms with Gasteiger partial charge in [-0.05, 0) is 31.7 Å². The molecule has 108 valence electrons. The van der Waals surface area contributed by atoms with Gasteiger partial charge in [-0.3, -0.25) is 0 Å². The molecule has 2 unspecified atom stereocenters. The third kappa shape index (κ3) is 5.21. The minimum absolute atomic E-state index is 0.0739. The van der Waals surface area contributed by atoms with E-state index in [0.29, 0.717) is 0 Å². The smallest absolute Gasteiger partial charge is 0.123 e. The molecule has 1 aromatic carbocycles. The maximum atomic E-state index is 9.50. The molecule has 0 radical (unpaired) electrons. The minimum atomic E-state index is -0.265. The topological polar surface area (TPSA) is 41.5 Å². The Labute approximate surface area is 117 Å². The third-order valence-electron chi connectivity index (χ3n) is 3.34. The standard InChI is InChI=1S/C16H27NO2/c1-12(18)10-16(3,4)11-17-13(2)14-8-6-7-9-15(14)19-5/h6-9,12-13,17-18H,10-11H2,1-5H3. The molecule has 3 nitrogen and oxygen atoms in total. The summed E-state index contributed by atoms with van der Waals surface area (Å²) in [6, 6.07) is 8.29. The van der Waals surface area contributed by atoms with Crippen LogP contribution in [0.15, 0.2) is 24.3 Å². The van der Waals surface area contributed by atoms with Gasteiger partial charge >= 0.3 is 0 Å². The van der Waals surface area contributed by atoms with Crippen LogP contribution in [0.4, 0.5) is 0 Å². The van der Waals surface area contributed by atoms with Gasteiger partial charge in [-0.1, -0.05) is 32.0 Å². The predicted octanol–water partition coefficient (Wildman–Crippen LogP) is 3.14. The van der Waals surface area contributed by atoms with Crippen LogP contribution < -0.4 is 10.1 Å². The summed E-state index contributed by atoms with van der Waals surface area (Å²) in [5.41, 5.74) is 1.24. The number of aliphatic hydroxyl groups excluding tert-OH is 1. The molecule has 0 aliphatic heterocycles. The van der Waals surface area contributed by atoms with Crippen molar-refractivity contribution in [1.29, 1.82) is 0 Å². The van der Waals surface area contributed by atoms with Crippen molar-refractivity contribution in [2.75, 3.05) is 13.7 Å². The molecule has 0 spiro atoms. The number of benzene rings is 1. The van der Waals surface area contributed by atoms with Crippen molar-refractivity contribution in [2.24, 2.45) is 5.41 Å². The first kappa shape index (κ1) is 16.0. The molecule has 0 aliphatic rings. The molecule has 0 saturated carbocycles. The van der Waals surface area contributed by atoms with Crippen molar-refractivity contribution < 1.29 is 9.84 Å². The van der Waals surface area contributed by atoms with Gasteiger partial charge in [-0.2, -0.15) is 0 Å². The molecule has 0 amide bonds. The number of rotatable bonds is 7. The highest BCUT2D eigenvalue weighted by Crippen LogP contribution is 2.27. The SMILES string of the molecule is COc1ccccc1C(C)NCC(C)(C)CC(C)O. The van der Waals surface area contributed by atoms with Gasteiger partial charge in [0.05, 0.1) is 13.2 Å². The van der Waals surface area contributed by atoms with Crippen molar-refractivity contribution in [3.63, 3.8) is 0 Å². The number of methoxy groups -OCH3 is 1. The van der Waals surface area contributed by atoms with Crippen LogP contribution >= 0.6 is 0 Å². The summed E-state index contributed by atoms with van der Waals surface area (Å²) in [5.74, 6) is 0.913. The van der Waals surface area contributed by atoms with Gasteiger partial charge in [0.25, 0.3) is 0 Å². The van der Waals surface area contributed by atoms with Crippen LogP contribution in [-0.2, 0) is 0 Å². The highest BCUT2D eigenvalue weighted by molar-refractivity contribution is 5.35. The highest BCUT2D eigenvalue weighted by atomic mass is 16.5. The Balaban J connectivity index is 2.62. The van der Waals surface area contributed by atoms with Gasteiger partial charge in [0.15, 0.2) is 0 Å². The molecule has 0 aliphatic carbocycles. The average molecular weight is 265 g/mol. The predicted molar refractivity (Wildman–Crippen MR) is 79.5 cm³/mol. The first-order valence-corrected chi connectivity index (χ1v) is 6.90. The number of nitrogens with one attached hydrogen (secondary N) is 1. The van der Waals surface area contributed by atoms with Crippen molar-refractivity contribution in [3.05, 3.63) is 29.8 Å². The third-order valence-corrected chi connectivity index (χ3v) is 3.34. The summed E-state index contributed by atoms with van der Waals surface area (Å²) in [6.45, 7) is 9.17. The van der Waals surface area contributed by atoms with E-state index in [1.165, 1.54) is 0 Å². The van der Waals surface area contributed by atoms with Crippen LogP contribution in [0, 0.1) is 5.41 Å². The van der Waals surface area contributed by atoms with Crippen LogP contribution in [-0.4, -0.2) is 24.9 Å². The van der Waals surface area contributed by atoms with Gasteiger partial charge in [-0.25, -0.2) is 0 Å². The van der Waals surface area contributed by atoms with E-state index in [9.17, 15) is 5.11 Å². The zero-order valence-electron chi connectivity index (χ0n) is 12.7. The van der Waals surface area contributed by atoms with Gasteiger partial charge in [-0.15, -0.1) is 0 Å². The van der Waals surface area contributed by atoms with E-state index in [0.717, 1.165) is 24.3 Å². The zero-order chi connectivity index (χ0) is 14.5. The van der Waals surface area contributed by atoms with Crippen LogP contribution in [0.2, 0.25) is 0 Å². The lowest BCUT2D eigenvalue weighted by Crippen LogP contribution is -2.33. The maximum Gasteiger partial charge on any atom is 0.123 e. The second kappa shape index (κ2) is 6.92. The van der Waals surface area contributed by atoms with E-state index in [2.05, 4.69) is 32.2 Å². The summed E-state index contributed by atoms with van der Waals surface area (Å²) >= 11 is 0. The van der Waals surface area contributed by atoms with E-state index in [1.54, 1.807) is 7.11 Å². The quantitative estimate of drug-likeness (QED) is 0.796. The second-order valence-electron chi connectivity index (χ2n) is 6.06. The van der Waals surface area contributed by atoms with E-state index in [1.807, 2.05) is 25.1 Å².